The van der Waals surface area contributed by atoms with Crippen LogP contribution in [0.4, 0.5) is 0 Å². The number of benzene rings is 9. The third-order valence-corrected chi connectivity index (χ3v) is 13.2. The maximum Gasteiger partial charge on any atom is 0.136 e. The molecule has 3 heteroatoms. The third-order valence-electron chi connectivity index (χ3n) is 13.2. The second-order valence-electron chi connectivity index (χ2n) is 16.6. The van der Waals surface area contributed by atoms with Crippen molar-refractivity contribution in [1.82, 2.24) is 9.13 Å². The van der Waals surface area contributed by atoms with Crippen LogP contribution >= 0.6 is 0 Å². The summed E-state index contributed by atoms with van der Waals surface area (Å²) in [7, 11) is 0. The molecule has 0 radical (unpaired) electrons. The molecule has 1 aliphatic rings. The molecular weight excluding hydrogens is 729 g/mol. The maximum atomic E-state index is 6.60. The van der Waals surface area contributed by atoms with Gasteiger partial charge in [0.2, 0.25) is 0 Å². The van der Waals surface area contributed by atoms with E-state index in [9.17, 15) is 0 Å². The summed E-state index contributed by atoms with van der Waals surface area (Å²) in [5, 5.41) is 7.27. The second kappa shape index (κ2) is 12.4. The Hall–Kier alpha value is -7.62. The Labute approximate surface area is 347 Å². The van der Waals surface area contributed by atoms with E-state index >= 15 is 0 Å². The zero-order valence-corrected chi connectivity index (χ0v) is 33.3. The van der Waals surface area contributed by atoms with Crippen molar-refractivity contribution < 1.29 is 4.42 Å². The number of fused-ring (bicyclic) bond motifs is 12. The van der Waals surface area contributed by atoms with Gasteiger partial charge in [-0.2, -0.15) is 0 Å². The summed E-state index contributed by atoms with van der Waals surface area (Å²) in [4.78, 5) is 0. The normalized spacial score (nSPS) is 13.7. The molecule has 3 heterocycles. The Bertz CT molecular complexity index is 3730. The van der Waals surface area contributed by atoms with Crippen molar-refractivity contribution >= 4 is 65.6 Å². The Kier molecular flexibility index (Phi) is 6.92. The summed E-state index contributed by atoms with van der Waals surface area (Å²) in [6.07, 6.45) is 0. The second-order valence-corrected chi connectivity index (χ2v) is 16.6. The van der Waals surface area contributed by atoms with Gasteiger partial charge in [0.1, 0.15) is 11.2 Å². The van der Waals surface area contributed by atoms with E-state index in [1.807, 2.05) is 0 Å². The van der Waals surface area contributed by atoms with E-state index in [4.69, 9.17) is 4.42 Å². The zero-order chi connectivity index (χ0) is 39.6. The van der Waals surface area contributed by atoms with Crippen LogP contribution in [0, 0.1) is 6.92 Å². The topological polar surface area (TPSA) is 23.0 Å². The molecule has 1 atom stereocenters. The molecule has 60 heavy (non-hydrogen) atoms. The average molecular weight is 767 g/mol. The quantitative estimate of drug-likeness (QED) is 0.175. The molecule has 0 saturated heterocycles. The SMILES string of the molecule is Cc1ccc2c(c1)C(C)c1cc3c(cc1-2)c1cc(-c2cccc4oc5ccc(-c6ccc7c(c6)c6ccccc6n7-c6ccccc6)cc5c24)ccc1n3-c1ccccc1. The Morgan fingerprint density at radius 1 is 0.383 bits per heavy atom. The van der Waals surface area contributed by atoms with Gasteiger partial charge in [-0.3, -0.25) is 0 Å². The molecule has 0 amide bonds. The highest BCUT2D eigenvalue weighted by molar-refractivity contribution is 6.17. The molecule has 0 saturated carbocycles. The fourth-order valence-electron chi connectivity index (χ4n) is 10.4. The van der Waals surface area contributed by atoms with Crippen molar-refractivity contribution in [3.63, 3.8) is 0 Å². The summed E-state index contributed by atoms with van der Waals surface area (Å²) in [6, 6.07) is 69.1. The lowest BCUT2D eigenvalue weighted by molar-refractivity contribution is 0.669. The van der Waals surface area contributed by atoms with E-state index < -0.39 is 0 Å². The first-order chi connectivity index (χ1) is 29.6. The molecule has 12 aromatic rings. The largest absolute Gasteiger partial charge is 0.456 e. The third kappa shape index (κ3) is 4.72. The van der Waals surface area contributed by atoms with Crippen LogP contribution in [0.3, 0.4) is 0 Å². The molecule has 282 valence electrons. The molecule has 1 unspecified atom stereocenters. The number of rotatable bonds is 4. The molecule has 0 N–H and O–H groups in total. The Morgan fingerprint density at radius 2 is 0.983 bits per heavy atom. The number of aromatic nitrogens is 2. The smallest absolute Gasteiger partial charge is 0.136 e. The molecule has 0 fully saturated rings. The molecule has 9 aromatic carbocycles. The molecular formula is C57H38N2O. The van der Waals surface area contributed by atoms with E-state index in [1.54, 1.807) is 0 Å². The fourth-order valence-corrected chi connectivity index (χ4v) is 10.4. The summed E-state index contributed by atoms with van der Waals surface area (Å²) < 4.78 is 11.4. The van der Waals surface area contributed by atoms with Crippen molar-refractivity contribution in [2.45, 2.75) is 19.8 Å². The van der Waals surface area contributed by atoms with Gasteiger partial charge in [0.05, 0.1) is 22.1 Å². The molecule has 0 bridgehead atoms. The summed E-state index contributed by atoms with van der Waals surface area (Å²) >= 11 is 0. The molecule has 1 aliphatic carbocycles. The minimum atomic E-state index is 0.338. The first-order valence-corrected chi connectivity index (χ1v) is 20.9. The van der Waals surface area contributed by atoms with Crippen molar-refractivity contribution in [3.05, 3.63) is 205 Å². The Balaban J connectivity index is 1.00. The fraction of sp³-hybridized carbons (Fsp3) is 0.0526. The highest BCUT2D eigenvalue weighted by atomic mass is 16.3. The number of hydrogen-bond acceptors (Lipinski definition) is 1. The van der Waals surface area contributed by atoms with Gasteiger partial charge in [-0.05, 0) is 136 Å². The van der Waals surface area contributed by atoms with Crippen LogP contribution in [-0.4, -0.2) is 9.13 Å². The van der Waals surface area contributed by atoms with Crippen molar-refractivity contribution in [3.8, 4) is 44.8 Å². The number of para-hydroxylation sites is 3. The lowest BCUT2D eigenvalue weighted by atomic mass is 9.95. The molecule has 13 rings (SSSR count). The predicted molar refractivity (Wildman–Crippen MR) is 251 cm³/mol. The highest BCUT2D eigenvalue weighted by Gasteiger charge is 2.28. The Morgan fingerprint density at radius 3 is 1.77 bits per heavy atom. The van der Waals surface area contributed by atoms with Crippen LogP contribution in [0.15, 0.2) is 192 Å². The first kappa shape index (κ1) is 33.4. The zero-order valence-electron chi connectivity index (χ0n) is 33.3. The van der Waals surface area contributed by atoms with Gasteiger partial charge in [-0.25, -0.2) is 0 Å². The lowest BCUT2D eigenvalue weighted by Crippen LogP contribution is -1.95. The van der Waals surface area contributed by atoms with Crippen LogP contribution in [-0.2, 0) is 0 Å². The van der Waals surface area contributed by atoms with Gasteiger partial charge in [-0.15, -0.1) is 0 Å². The number of furan rings is 1. The predicted octanol–water partition coefficient (Wildman–Crippen LogP) is 15.6. The average Bonchev–Trinajstić information content (AvgIpc) is 4.01. The van der Waals surface area contributed by atoms with Crippen LogP contribution in [0.1, 0.15) is 29.5 Å². The molecule has 0 spiro atoms. The van der Waals surface area contributed by atoms with Crippen LogP contribution in [0.5, 0.6) is 0 Å². The van der Waals surface area contributed by atoms with E-state index in [1.165, 1.54) is 99.4 Å². The van der Waals surface area contributed by atoms with E-state index in [-0.39, 0.29) is 0 Å². The standard InChI is InChI=1S/C57H38N2O/c1-34-20-24-42-44(28-34)35(2)45-33-54-49(32-46(42)45)48-31-38(22-26-53(48)59(54)40-14-7-4-8-15-40)41-17-11-19-56-57(41)50-30-37(23-27-55(50)60-56)36-21-25-52-47(29-36)43-16-9-10-18-51(43)58(52)39-12-5-3-6-13-39/h3-33,35H,1-2H3. The highest BCUT2D eigenvalue weighted by Crippen LogP contribution is 2.49. The van der Waals surface area contributed by atoms with Crippen molar-refractivity contribution in [2.24, 2.45) is 0 Å². The summed E-state index contributed by atoms with van der Waals surface area (Å²) in [6.45, 7) is 4.55. The molecule has 3 aromatic heterocycles. The van der Waals surface area contributed by atoms with Gasteiger partial charge >= 0.3 is 0 Å². The molecule has 0 aliphatic heterocycles. The van der Waals surface area contributed by atoms with E-state index in [2.05, 4.69) is 211 Å². The summed E-state index contributed by atoms with van der Waals surface area (Å²) in [5.74, 6) is 0.338. The first-order valence-electron chi connectivity index (χ1n) is 20.9. The van der Waals surface area contributed by atoms with E-state index in [0.717, 1.165) is 27.6 Å². The van der Waals surface area contributed by atoms with Gasteiger partial charge in [-0.1, -0.05) is 116 Å². The minimum Gasteiger partial charge on any atom is -0.456 e. The maximum absolute atomic E-state index is 6.60. The number of nitrogens with zero attached hydrogens (tertiary/aromatic N) is 2. The monoisotopic (exact) mass is 766 g/mol. The number of hydrogen-bond donors (Lipinski definition) is 0. The van der Waals surface area contributed by atoms with Crippen LogP contribution in [0.25, 0.3) is 110 Å². The van der Waals surface area contributed by atoms with Crippen LogP contribution < -0.4 is 0 Å². The van der Waals surface area contributed by atoms with Gasteiger partial charge < -0.3 is 13.6 Å². The van der Waals surface area contributed by atoms with Gasteiger partial charge in [0.15, 0.2) is 0 Å². The van der Waals surface area contributed by atoms with Crippen molar-refractivity contribution in [2.75, 3.05) is 0 Å². The van der Waals surface area contributed by atoms with Crippen LogP contribution in [0.2, 0.25) is 0 Å². The number of aryl methyl sites for hydroxylation is 1. The molecule has 3 nitrogen and oxygen atoms in total. The minimum absolute atomic E-state index is 0.338. The van der Waals surface area contributed by atoms with E-state index in [0.29, 0.717) is 5.92 Å². The van der Waals surface area contributed by atoms with Gasteiger partial charge in [0.25, 0.3) is 0 Å². The van der Waals surface area contributed by atoms with Gasteiger partial charge in [0, 0.05) is 49.6 Å². The van der Waals surface area contributed by atoms with Crippen molar-refractivity contribution in [1.29, 1.82) is 0 Å². The lowest BCUT2D eigenvalue weighted by Gasteiger charge is -2.11. The summed E-state index contributed by atoms with van der Waals surface area (Å²) in [5.41, 5.74) is 20.5.